The number of ether oxygens (including phenoxy) is 1. The van der Waals surface area contributed by atoms with Crippen LogP contribution in [0.15, 0.2) is 91.0 Å². The molecule has 0 aliphatic carbocycles. The normalized spacial score (nSPS) is 14.1. The topological polar surface area (TPSA) is 43.6 Å². The molecule has 0 atom stereocenters. The molecule has 4 nitrogen and oxygen atoms in total. The van der Waals surface area contributed by atoms with Gasteiger partial charge < -0.3 is 15.0 Å². The van der Waals surface area contributed by atoms with Crippen molar-refractivity contribution in [2.24, 2.45) is 0 Å². The minimum atomic E-state index is -0.0387. The van der Waals surface area contributed by atoms with Crippen LogP contribution in [0.3, 0.4) is 0 Å². The number of carbonyl (C=O) groups is 1. The van der Waals surface area contributed by atoms with Gasteiger partial charge >= 0.3 is 0 Å². The van der Waals surface area contributed by atoms with E-state index in [0.717, 1.165) is 22.4 Å². The number of benzene rings is 3. The Balaban J connectivity index is 0.00000289. The van der Waals surface area contributed by atoms with Crippen molar-refractivity contribution in [1.29, 1.82) is 0 Å². The van der Waals surface area contributed by atoms with E-state index in [9.17, 15) is 4.79 Å². The Morgan fingerprint density at radius 2 is 1.44 bits per heavy atom. The maximum Gasteiger partial charge on any atom is 0.245 e. The number of morpholine rings is 1. The molecule has 3 aromatic carbocycles. The largest absolute Gasteiger partial charge is 0.657 e. The number of amides is 1. The van der Waals surface area contributed by atoms with E-state index in [-0.39, 0.29) is 23.0 Å². The molecule has 1 aliphatic heterocycles. The van der Waals surface area contributed by atoms with Gasteiger partial charge in [-0.15, -0.1) is 11.4 Å². The third kappa shape index (κ3) is 6.44. The van der Waals surface area contributed by atoms with Crippen LogP contribution in [-0.4, -0.2) is 37.1 Å². The molecular weight excluding hydrogens is 439 g/mol. The van der Waals surface area contributed by atoms with E-state index in [0.29, 0.717) is 32.0 Å². The Bertz CT molecular complexity index is 1060. The Morgan fingerprint density at radius 1 is 0.812 bits per heavy atom. The third-order valence-corrected chi connectivity index (χ3v) is 5.09. The fourth-order valence-corrected chi connectivity index (χ4v) is 3.39. The third-order valence-electron chi connectivity index (χ3n) is 5.09. The number of rotatable bonds is 6. The van der Waals surface area contributed by atoms with Gasteiger partial charge in [0.15, 0.2) is 0 Å². The van der Waals surface area contributed by atoms with Crippen molar-refractivity contribution >= 4 is 29.4 Å². The van der Waals surface area contributed by atoms with Gasteiger partial charge in [-0.05, 0) is 22.8 Å². The summed E-state index contributed by atoms with van der Waals surface area (Å²) in [5, 5.41) is 4.91. The van der Waals surface area contributed by atoms with Crippen molar-refractivity contribution in [2.75, 3.05) is 26.3 Å². The molecule has 1 fully saturated rings. The molecule has 1 radical (unpaired) electrons. The maximum absolute atomic E-state index is 12.9. The summed E-state index contributed by atoms with van der Waals surface area (Å²) in [6.45, 7) is 2.36. The average Bonchev–Trinajstić information content (AvgIpc) is 2.85. The predicted octanol–water partition coefficient (Wildman–Crippen LogP) is 5.76. The molecule has 0 saturated carbocycles. The smallest absolute Gasteiger partial charge is 0.245 e. The standard InChI is InChI=1S/C27H26N2O2.Mn/c30-27(29-17-19-31-20-18-29)21-26(23-11-5-2-6-12-23)28-25-14-8-7-13-24(25)16-15-22-9-3-1-4-10-22;/h1-16,21H,17-20H2,(H,28,30);/p-1/b16-15+;. The number of hydrogen-bond acceptors (Lipinski definition) is 2. The van der Waals surface area contributed by atoms with Gasteiger partial charge in [-0.1, -0.05) is 97.1 Å². The first-order valence-electron chi connectivity index (χ1n) is 10.5. The molecule has 1 aliphatic rings. The summed E-state index contributed by atoms with van der Waals surface area (Å²) in [5.74, 6) is -0.0387. The summed E-state index contributed by atoms with van der Waals surface area (Å²) in [6.07, 6.45) is 5.76. The Kier molecular flexibility index (Phi) is 8.88. The van der Waals surface area contributed by atoms with Gasteiger partial charge in [0.2, 0.25) is 5.91 Å². The average molecular weight is 464 g/mol. The zero-order chi connectivity index (χ0) is 21.3. The van der Waals surface area contributed by atoms with E-state index in [2.05, 4.69) is 24.3 Å². The number of carbonyl (C=O) groups excluding carboxylic acids is 1. The molecular formula is C27H25MnN2O2-. The van der Waals surface area contributed by atoms with Crippen LogP contribution in [0.5, 0.6) is 0 Å². The van der Waals surface area contributed by atoms with Crippen molar-refractivity contribution in [2.45, 2.75) is 0 Å². The van der Waals surface area contributed by atoms with Crippen LogP contribution in [0.1, 0.15) is 16.7 Å². The number of nitrogens with zero attached hydrogens (tertiary/aromatic N) is 2. The number of hydrogen-bond donors (Lipinski definition) is 0. The van der Waals surface area contributed by atoms with E-state index in [1.807, 2.05) is 77.7 Å². The summed E-state index contributed by atoms with van der Waals surface area (Å²) in [6, 6.07) is 28.0. The summed E-state index contributed by atoms with van der Waals surface area (Å²) in [4.78, 5) is 14.7. The minimum Gasteiger partial charge on any atom is -0.657 e. The maximum atomic E-state index is 12.9. The fourth-order valence-electron chi connectivity index (χ4n) is 3.39. The Labute approximate surface area is 200 Å². The van der Waals surface area contributed by atoms with Crippen LogP contribution in [0.4, 0.5) is 5.69 Å². The van der Waals surface area contributed by atoms with Crippen molar-refractivity contribution in [3.63, 3.8) is 0 Å². The molecule has 0 unspecified atom stereocenters. The zero-order valence-corrected chi connectivity index (χ0v) is 18.9. The van der Waals surface area contributed by atoms with Crippen LogP contribution >= 0.6 is 0 Å². The Morgan fingerprint density at radius 3 is 2.16 bits per heavy atom. The van der Waals surface area contributed by atoms with Crippen molar-refractivity contribution in [1.82, 2.24) is 4.90 Å². The summed E-state index contributed by atoms with van der Waals surface area (Å²) in [7, 11) is 0. The van der Waals surface area contributed by atoms with Gasteiger partial charge in [-0.25, -0.2) is 0 Å². The van der Waals surface area contributed by atoms with Crippen molar-refractivity contribution < 1.29 is 26.6 Å². The molecule has 0 aromatic heterocycles. The fraction of sp³-hybridized carbons (Fsp3) is 0.148. The van der Waals surface area contributed by atoms with Crippen LogP contribution in [0.2, 0.25) is 0 Å². The minimum absolute atomic E-state index is 0. The molecule has 32 heavy (non-hydrogen) atoms. The van der Waals surface area contributed by atoms with Crippen LogP contribution in [0.25, 0.3) is 23.2 Å². The first-order chi connectivity index (χ1) is 15.3. The van der Waals surface area contributed by atoms with Crippen molar-refractivity contribution in [3.05, 3.63) is 113 Å². The Hall–Kier alpha value is -3.11. The monoisotopic (exact) mass is 464 g/mol. The molecule has 3 aromatic rings. The molecule has 1 heterocycles. The first kappa shape index (κ1) is 23.6. The van der Waals surface area contributed by atoms with Gasteiger partial charge in [-0.3, -0.25) is 4.79 Å². The molecule has 0 spiro atoms. The van der Waals surface area contributed by atoms with Gasteiger partial charge in [0, 0.05) is 30.2 Å². The zero-order valence-electron chi connectivity index (χ0n) is 17.7. The summed E-state index contributed by atoms with van der Waals surface area (Å²) in [5.41, 5.74) is 4.49. The van der Waals surface area contributed by atoms with E-state index >= 15 is 0 Å². The van der Waals surface area contributed by atoms with Gasteiger partial charge in [0.1, 0.15) is 0 Å². The van der Waals surface area contributed by atoms with Crippen LogP contribution < -0.4 is 0 Å². The van der Waals surface area contributed by atoms with E-state index < -0.39 is 0 Å². The molecule has 0 N–H and O–H groups in total. The second-order valence-corrected chi connectivity index (χ2v) is 7.25. The van der Waals surface area contributed by atoms with E-state index in [4.69, 9.17) is 10.1 Å². The van der Waals surface area contributed by atoms with E-state index in [1.165, 1.54) is 0 Å². The molecule has 4 rings (SSSR count). The van der Waals surface area contributed by atoms with Gasteiger partial charge in [0.25, 0.3) is 0 Å². The molecule has 5 heteroatoms. The molecule has 1 amide bonds. The number of para-hydroxylation sites is 1. The van der Waals surface area contributed by atoms with Gasteiger partial charge in [-0.2, -0.15) is 0 Å². The molecule has 0 bridgehead atoms. The first-order valence-corrected chi connectivity index (χ1v) is 10.5. The quantitative estimate of drug-likeness (QED) is 0.265. The molecule has 1 saturated heterocycles. The second kappa shape index (κ2) is 12.1. The van der Waals surface area contributed by atoms with E-state index in [1.54, 1.807) is 6.08 Å². The van der Waals surface area contributed by atoms with Gasteiger partial charge in [0.05, 0.1) is 13.2 Å². The van der Waals surface area contributed by atoms with Crippen molar-refractivity contribution in [3.8, 4) is 0 Å². The summed E-state index contributed by atoms with van der Waals surface area (Å²) >= 11 is 0. The predicted molar refractivity (Wildman–Crippen MR) is 127 cm³/mol. The van der Waals surface area contributed by atoms with Crippen LogP contribution in [-0.2, 0) is 26.6 Å². The van der Waals surface area contributed by atoms with Crippen LogP contribution in [0, 0.1) is 0 Å². The second-order valence-electron chi connectivity index (χ2n) is 7.25. The SMILES string of the molecule is O=C(/C=C(\[N-]c1ccccc1/C=C/c1ccccc1)c1ccccc1)N1CCOCC1.[Mn]. The summed E-state index contributed by atoms with van der Waals surface area (Å²) < 4.78 is 5.37. The molecule has 163 valence electrons.